The molecular weight excluding hydrogens is 408 g/mol. The van der Waals surface area contributed by atoms with Crippen LogP contribution in [0.15, 0.2) is 72.9 Å². The summed E-state index contributed by atoms with van der Waals surface area (Å²) >= 11 is 0. The van der Waals surface area contributed by atoms with Crippen LogP contribution >= 0.6 is 0 Å². The number of hydrogen-bond acceptors (Lipinski definition) is 1. The predicted octanol–water partition coefficient (Wildman–Crippen LogP) is 8.50. The van der Waals surface area contributed by atoms with Gasteiger partial charge in [0.2, 0.25) is 0 Å². The number of carboxylic acids is 1. The van der Waals surface area contributed by atoms with Crippen LogP contribution in [0.4, 0.5) is 5.82 Å². The summed E-state index contributed by atoms with van der Waals surface area (Å²) in [5.41, 5.74) is 1.38. The number of carboxylic acid groups (broad SMARTS) is 1. The van der Waals surface area contributed by atoms with Gasteiger partial charge in [-0.1, -0.05) is 118 Å². The van der Waals surface area contributed by atoms with Crippen molar-refractivity contribution in [3.8, 4) is 0 Å². The molecule has 176 valence electrons. The topological polar surface area (TPSA) is 67.2 Å². The van der Waals surface area contributed by atoms with Crippen LogP contribution in [-0.2, 0) is 4.79 Å². The normalized spacial score (nSPS) is 13.4. The fraction of sp³-hybridized carbons (Fsp3) is 0.414. The van der Waals surface area contributed by atoms with Crippen LogP contribution in [0.25, 0.3) is 16.1 Å². The van der Waals surface area contributed by atoms with E-state index in [1.54, 1.807) is 6.08 Å². The second kappa shape index (κ2) is 13.5. The lowest BCUT2D eigenvalue weighted by atomic mass is 9.86. The van der Waals surface area contributed by atoms with Gasteiger partial charge in [-0.25, -0.2) is 4.79 Å². The molecule has 0 aliphatic carbocycles. The molecular formula is C29H37N2O2-. The van der Waals surface area contributed by atoms with E-state index in [0.717, 1.165) is 25.1 Å². The summed E-state index contributed by atoms with van der Waals surface area (Å²) in [4.78, 5) is 14.2. The Kier molecular flexibility index (Phi) is 10.1. The van der Waals surface area contributed by atoms with Crippen LogP contribution in [0.1, 0.15) is 76.2 Å². The van der Waals surface area contributed by atoms with Crippen molar-refractivity contribution in [2.24, 2.45) is 0 Å². The van der Waals surface area contributed by atoms with E-state index in [-0.39, 0.29) is 6.04 Å². The maximum absolute atomic E-state index is 11.1. The standard InChI is InChI=1S/C29H37N2O2/c1-2-3-4-5-6-7-11-24(26-16-15-23-12-8-9-13-25(23)22-26)17-18-27(19-20-29(32)33)31-28-14-10-21-30-28/h8-10,12-16,19-22,24,27,30H,2-7,11,17-18H2,1H3,(H,32,33)/q-1/b20-19+/t24-,27-/m1/s1. The second-order valence-electron chi connectivity index (χ2n) is 8.89. The van der Waals surface area contributed by atoms with Crippen LogP contribution in [0.2, 0.25) is 0 Å². The highest BCUT2D eigenvalue weighted by atomic mass is 16.4. The summed E-state index contributed by atoms with van der Waals surface area (Å²) in [6.45, 7) is 2.25. The molecule has 0 fully saturated rings. The number of nitrogens with zero attached hydrogens (tertiary/aromatic N) is 1. The first-order chi connectivity index (χ1) is 16.2. The van der Waals surface area contributed by atoms with Crippen LogP contribution in [0.5, 0.6) is 0 Å². The number of benzene rings is 2. The van der Waals surface area contributed by atoms with Crippen LogP contribution in [0.3, 0.4) is 0 Å². The zero-order valence-corrected chi connectivity index (χ0v) is 19.7. The average molecular weight is 446 g/mol. The third-order valence-corrected chi connectivity index (χ3v) is 6.31. The van der Waals surface area contributed by atoms with Crippen LogP contribution < -0.4 is 0 Å². The molecule has 33 heavy (non-hydrogen) atoms. The smallest absolute Gasteiger partial charge is 0.327 e. The Morgan fingerprint density at radius 2 is 1.73 bits per heavy atom. The Morgan fingerprint density at radius 1 is 0.939 bits per heavy atom. The molecule has 0 radical (unpaired) electrons. The molecule has 0 aliphatic heterocycles. The highest BCUT2D eigenvalue weighted by Gasteiger charge is 2.14. The van der Waals surface area contributed by atoms with Gasteiger partial charge in [0.1, 0.15) is 0 Å². The van der Waals surface area contributed by atoms with Gasteiger partial charge in [-0.05, 0) is 47.6 Å². The summed E-state index contributed by atoms with van der Waals surface area (Å²) in [5, 5.41) is 16.4. The maximum Gasteiger partial charge on any atom is 0.327 e. The minimum absolute atomic E-state index is 0.160. The summed E-state index contributed by atoms with van der Waals surface area (Å²) in [6, 6.07) is 19.0. The molecule has 0 bridgehead atoms. The molecule has 4 heteroatoms. The van der Waals surface area contributed by atoms with E-state index in [4.69, 9.17) is 10.4 Å². The lowest BCUT2D eigenvalue weighted by Crippen LogP contribution is -2.08. The Bertz CT molecular complexity index is 994. The van der Waals surface area contributed by atoms with E-state index in [0.29, 0.717) is 5.92 Å². The van der Waals surface area contributed by atoms with Gasteiger partial charge in [0.25, 0.3) is 0 Å². The number of hydrogen-bond donors (Lipinski definition) is 2. The number of aromatic amines is 1. The number of carbonyl (C=O) groups is 1. The van der Waals surface area contributed by atoms with E-state index >= 15 is 0 Å². The van der Waals surface area contributed by atoms with E-state index < -0.39 is 5.97 Å². The fourth-order valence-corrected chi connectivity index (χ4v) is 4.46. The van der Waals surface area contributed by atoms with Crippen molar-refractivity contribution in [1.29, 1.82) is 0 Å². The monoisotopic (exact) mass is 445 g/mol. The predicted molar refractivity (Wildman–Crippen MR) is 138 cm³/mol. The molecule has 2 aromatic carbocycles. The number of aliphatic carboxylic acids is 1. The molecule has 0 amide bonds. The van der Waals surface area contributed by atoms with Gasteiger partial charge >= 0.3 is 5.97 Å². The Balaban J connectivity index is 1.69. The summed E-state index contributed by atoms with van der Waals surface area (Å²) < 4.78 is 0. The lowest BCUT2D eigenvalue weighted by Gasteiger charge is -2.25. The minimum atomic E-state index is -0.931. The first-order valence-electron chi connectivity index (χ1n) is 12.4. The molecule has 3 aromatic rings. The zero-order valence-electron chi connectivity index (χ0n) is 19.7. The Hall–Kier alpha value is -3.01. The maximum atomic E-state index is 11.1. The Labute approximate surface area is 198 Å². The molecule has 3 rings (SSSR count). The highest BCUT2D eigenvalue weighted by molar-refractivity contribution is 5.83. The number of unbranched alkanes of at least 4 members (excludes halogenated alkanes) is 5. The van der Waals surface area contributed by atoms with E-state index in [9.17, 15) is 4.79 Å². The number of aromatic nitrogens is 1. The van der Waals surface area contributed by atoms with E-state index in [1.807, 2.05) is 18.3 Å². The van der Waals surface area contributed by atoms with E-state index in [1.165, 1.54) is 60.9 Å². The first kappa shape index (κ1) is 24.6. The molecule has 1 heterocycles. The van der Waals surface area contributed by atoms with E-state index in [2.05, 4.69) is 54.4 Å². The molecule has 0 spiro atoms. The molecule has 0 unspecified atom stereocenters. The number of H-pyrrole nitrogens is 1. The van der Waals surface area contributed by atoms with Gasteiger partial charge in [-0.15, -0.1) is 0 Å². The van der Waals surface area contributed by atoms with Gasteiger partial charge in [-0.2, -0.15) is 0 Å². The summed E-state index contributed by atoms with van der Waals surface area (Å²) in [7, 11) is 0. The molecule has 0 saturated carbocycles. The van der Waals surface area contributed by atoms with Crippen molar-refractivity contribution in [2.75, 3.05) is 0 Å². The van der Waals surface area contributed by atoms with Gasteiger partial charge in [0.05, 0.1) is 0 Å². The molecule has 0 saturated heterocycles. The SMILES string of the molecule is CCCCCCCC[C@H](CC[C@H](/C=C/C(=O)O)[N-]c1ccc[nH]1)c1ccc2ccccc2c1. The molecule has 4 nitrogen and oxygen atoms in total. The quantitative estimate of drug-likeness (QED) is 0.182. The third-order valence-electron chi connectivity index (χ3n) is 6.31. The molecule has 1 aromatic heterocycles. The van der Waals surface area contributed by atoms with Crippen molar-refractivity contribution in [3.63, 3.8) is 0 Å². The fourth-order valence-electron chi connectivity index (χ4n) is 4.46. The van der Waals surface area contributed by atoms with Gasteiger partial charge in [0, 0.05) is 6.08 Å². The second-order valence-corrected chi connectivity index (χ2v) is 8.89. The van der Waals surface area contributed by atoms with Gasteiger partial charge in [0.15, 0.2) is 0 Å². The summed E-state index contributed by atoms with van der Waals surface area (Å²) in [5.74, 6) is 0.299. The summed E-state index contributed by atoms with van der Waals surface area (Å²) in [6.07, 6.45) is 15.5. The van der Waals surface area contributed by atoms with Crippen molar-refractivity contribution in [1.82, 2.24) is 4.98 Å². The number of rotatable bonds is 15. The van der Waals surface area contributed by atoms with Crippen molar-refractivity contribution < 1.29 is 9.90 Å². The van der Waals surface area contributed by atoms with Crippen LogP contribution in [0, 0.1) is 0 Å². The number of nitrogens with one attached hydrogen (secondary N) is 1. The van der Waals surface area contributed by atoms with Crippen molar-refractivity contribution in [2.45, 2.75) is 76.7 Å². The highest BCUT2D eigenvalue weighted by Crippen LogP contribution is 2.33. The van der Waals surface area contributed by atoms with Crippen molar-refractivity contribution in [3.05, 3.63) is 83.8 Å². The third kappa shape index (κ3) is 8.45. The van der Waals surface area contributed by atoms with Gasteiger partial charge < -0.3 is 15.4 Å². The minimum Gasteiger partial charge on any atom is -0.478 e. The lowest BCUT2D eigenvalue weighted by molar-refractivity contribution is -0.131. The average Bonchev–Trinajstić information content (AvgIpc) is 3.34. The Morgan fingerprint density at radius 3 is 2.48 bits per heavy atom. The van der Waals surface area contributed by atoms with Gasteiger partial charge in [-0.3, -0.25) is 0 Å². The molecule has 2 N–H and O–H groups in total. The van der Waals surface area contributed by atoms with Crippen molar-refractivity contribution >= 4 is 22.6 Å². The zero-order chi connectivity index (χ0) is 23.3. The molecule has 2 atom stereocenters. The number of fused-ring (bicyclic) bond motifs is 1. The first-order valence-corrected chi connectivity index (χ1v) is 12.4. The molecule has 0 aliphatic rings. The largest absolute Gasteiger partial charge is 0.478 e. The van der Waals surface area contributed by atoms with Crippen LogP contribution in [-0.4, -0.2) is 22.1 Å².